The van der Waals surface area contributed by atoms with Gasteiger partial charge in [0.1, 0.15) is 5.75 Å². The van der Waals surface area contributed by atoms with E-state index in [-0.39, 0.29) is 12.5 Å². The van der Waals surface area contributed by atoms with Crippen LogP contribution in [0.3, 0.4) is 0 Å². The Morgan fingerprint density at radius 1 is 1.12 bits per heavy atom. The Kier molecular flexibility index (Phi) is 6.03. The monoisotopic (exact) mass is 326 g/mol. The Morgan fingerprint density at radius 2 is 1.88 bits per heavy atom. The van der Waals surface area contributed by atoms with Crippen LogP contribution in [0.15, 0.2) is 42.5 Å². The summed E-state index contributed by atoms with van der Waals surface area (Å²) in [5.41, 5.74) is 1.35. The Labute approximate surface area is 140 Å². The fourth-order valence-electron chi connectivity index (χ4n) is 2.11. The average molecular weight is 326 g/mol. The maximum atomic E-state index is 11.9. The predicted molar refractivity (Wildman–Crippen MR) is 88.0 cm³/mol. The van der Waals surface area contributed by atoms with Crippen LogP contribution in [0, 0.1) is 11.3 Å². The van der Waals surface area contributed by atoms with Crippen molar-refractivity contribution in [3.8, 4) is 23.3 Å². The summed E-state index contributed by atoms with van der Waals surface area (Å²) in [5, 5.41) is 11.5. The van der Waals surface area contributed by atoms with Crippen LogP contribution in [-0.4, -0.2) is 26.7 Å². The number of ether oxygens (including phenoxy) is 3. The van der Waals surface area contributed by atoms with E-state index in [1.165, 1.54) is 0 Å². The highest BCUT2D eigenvalue weighted by Crippen LogP contribution is 2.30. The van der Waals surface area contributed by atoms with E-state index in [2.05, 4.69) is 5.32 Å². The zero-order chi connectivity index (χ0) is 17.4. The molecule has 0 spiro atoms. The molecule has 0 aliphatic heterocycles. The molecule has 1 N–H and O–H groups in total. The van der Waals surface area contributed by atoms with E-state index in [1.54, 1.807) is 44.6 Å². The van der Waals surface area contributed by atoms with Gasteiger partial charge in [0.05, 0.1) is 25.9 Å². The Bertz CT molecular complexity index is 736. The number of amides is 1. The maximum absolute atomic E-state index is 11.9. The number of nitrogens with zero attached hydrogens (tertiary/aromatic N) is 1. The van der Waals surface area contributed by atoms with Gasteiger partial charge < -0.3 is 19.5 Å². The summed E-state index contributed by atoms with van der Waals surface area (Å²) in [6, 6.07) is 14.1. The summed E-state index contributed by atoms with van der Waals surface area (Å²) in [6.45, 7) is 0.189. The van der Waals surface area contributed by atoms with E-state index >= 15 is 0 Å². The molecule has 24 heavy (non-hydrogen) atoms. The van der Waals surface area contributed by atoms with Crippen molar-refractivity contribution in [2.75, 3.05) is 20.8 Å². The zero-order valence-electron chi connectivity index (χ0n) is 13.5. The molecule has 0 unspecified atom stereocenters. The normalized spacial score (nSPS) is 9.71. The number of para-hydroxylation sites is 1. The molecule has 0 saturated heterocycles. The zero-order valence-corrected chi connectivity index (χ0v) is 13.5. The number of methoxy groups -OCH3 is 2. The van der Waals surface area contributed by atoms with Gasteiger partial charge >= 0.3 is 0 Å². The lowest BCUT2D eigenvalue weighted by molar-refractivity contribution is -0.123. The molecule has 2 aromatic rings. The van der Waals surface area contributed by atoms with Crippen molar-refractivity contribution in [2.24, 2.45) is 0 Å². The molecule has 0 bridgehead atoms. The van der Waals surface area contributed by atoms with Gasteiger partial charge in [-0.05, 0) is 30.3 Å². The van der Waals surface area contributed by atoms with Gasteiger partial charge in [-0.15, -0.1) is 0 Å². The first-order valence-electron chi connectivity index (χ1n) is 7.27. The van der Waals surface area contributed by atoms with Crippen LogP contribution in [-0.2, 0) is 11.3 Å². The van der Waals surface area contributed by atoms with Gasteiger partial charge in [0, 0.05) is 12.1 Å². The first-order valence-corrected chi connectivity index (χ1v) is 7.27. The Morgan fingerprint density at radius 3 is 2.50 bits per heavy atom. The van der Waals surface area contributed by atoms with Crippen molar-refractivity contribution in [2.45, 2.75) is 6.54 Å². The van der Waals surface area contributed by atoms with Crippen LogP contribution >= 0.6 is 0 Å². The number of hydrogen-bond donors (Lipinski definition) is 1. The van der Waals surface area contributed by atoms with Crippen molar-refractivity contribution in [3.05, 3.63) is 53.6 Å². The topological polar surface area (TPSA) is 80.6 Å². The predicted octanol–water partition coefficient (Wildman–Crippen LogP) is 2.27. The average Bonchev–Trinajstić information content (AvgIpc) is 2.64. The number of hydrogen-bond acceptors (Lipinski definition) is 5. The first kappa shape index (κ1) is 17.2. The Hall–Kier alpha value is -3.20. The van der Waals surface area contributed by atoms with Gasteiger partial charge in [0.2, 0.25) is 0 Å². The van der Waals surface area contributed by atoms with E-state index < -0.39 is 0 Å². The lowest BCUT2D eigenvalue weighted by atomic mass is 10.2. The van der Waals surface area contributed by atoms with Gasteiger partial charge in [-0.1, -0.05) is 12.1 Å². The highest BCUT2D eigenvalue weighted by atomic mass is 16.5. The van der Waals surface area contributed by atoms with Gasteiger partial charge in [-0.25, -0.2) is 0 Å². The molecular weight excluding hydrogens is 308 g/mol. The highest BCUT2D eigenvalue weighted by Gasteiger charge is 2.10. The molecule has 6 nitrogen and oxygen atoms in total. The summed E-state index contributed by atoms with van der Waals surface area (Å²) in [7, 11) is 3.11. The number of carbonyl (C=O) groups is 1. The van der Waals surface area contributed by atoms with Gasteiger partial charge in [0.25, 0.3) is 5.91 Å². The second-order valence-corrected chi connectivity index (χ2v) is 4.85. The third kappa shape index (κ3) is 4.40. The van der Waals surface area contributed by atoms with Crippen molar-refractivity contribution < 1.29 is 19.0 Å². The molecule has 2 rings (SSSR count). The van der Waals surface area contributed by atoms with Gasteiger partial charge in [0.15, 0.2) is 18.1 Å². The van der Waals surface area contributed by atoms with Crippen LogP contribution in [0.25, 0.3) is 0 Å². The maximum Gasteiger partial charge on any atom is 0.258 e. The van der Waals surface area contributed by atoms with Crippen LogP contribution in [0.1, 0.15) is 11.1 Å². The minimum atomic E-state index is -0.260. The number of carbonyl (C=O) groups excluding carboxylic acids is 1. The molecular formula is C18H18N2O4. The summed E-state index contributed by atoms with van der Waals surface area (Å²) in [4.78, 5) is 11.9. The molecule has 0 aliphatic rings. The first-order chi connectivity index (χ1) is 11.7. The summed E-state index contributed by atoms with van der Waals surface area (Å²) in [6.07, 6.45) is 0. The van der Waals surface area contributed by atoms with Crippen LogP contribution < -0.4 is 19.5 Å². The second-order valence-electron chi connectivity index (χ2n) is 4.85. The minimum Gasteiger partial charge on any atom is -0.493 e. The van der Waals surface area contributed by atoms with Crippen LogP contribution in [0.2, 0.25) is 0 Å². The molecule has 0 radical (unpaired) electrons. The molecule has 124 valence electrons. The largest absolute Gasteiger partial charge is 0.493 e. The van der Waals surface area contributed by atoms with E-state index in [4.69, 9.17) is 19.5 Å². The van der Waals surface area contributed by atoms with Crippen molar-refractivity contribution in [3.63, 3.8) is 0 Å². The lowest BCUT2D eigenvalue weighted by Gasteiger charge is -2.13. The molecule has 0 saturated carbocycles. The van der Waals surface area contributed by atoms with Crippen LogP contribution in [0.4, 0.5) is 0 Å². The van der Waals surface area contributed by atoms with Crippen molar-refractivity contribution in [1.82, 2.24) is 5.32 Å². The fraction of sp³-hybridized carbons (Fsp3) is 0.222. The van der Waals surface area contributed by atoms with Gasteiger partial charge in [-0.3, -0.25) is 4.79 Å². The highest BCUT2D eigenvalue weighted by molar-refractivity contribution is 5.77. The minimum absolute atomic E-state index is 0.113. The lowest BCUT2D eigenvalue weighted by Crippen LogP contribution is -2.28. The molecule has 0 aromatic heterocycles. The molecule has 1 amide bonds. The molecule has 6 heteroatoms. The number of nitriles is 1. The third-order valence-corrected chi connectivity index (χ3v) is 3.31. The smallest absolute Gasteiger partial charge is 0.258 e. The summed E-state index contributed by atoms with van der Waals surface area (Å²) < 4.78 is 15.9. The fourth-order valence-corrected chi connectivity index (χ4v) is 2.11. The number of rotatable bonds is 7. The molecule has 0 fully saturated rings. The molecule has 0 atom stereocenters. The molecule has 0 heterocycles. The third-order valence-electron chi connectivity index (χ3n) is 3.31. The molecule has 0 aliphatic carbocycles. The number of nitrogens with one attached hydrogen (secondary N) is 1. The van der Waals surface area contributed by atoms with E-state index in [9.17, 15) is 4.79 Å². The van der Waals surface area contributed by atoms with Gasteiger partial charge in [-0.2, -0.15) is 5.26 Å². The second kappa shape index (κ2) is 8.44. The quantitative estimate of drug-likeness (QED) is 0.844. The SMILES string of the molecule is COc1cccc(CNC(=O)COc2ccc(C#N)cc2)c1OC. The van der Waals surface area contributed by atoms with Crippen molar-refractivity contribution in [1.29, 1.82) is 5.26 Å². The summed E-state index contributed by atoms with van der Waals surface area (Å²) in [5.74, 6) is 1.47. The van der Waals surface area contributed by atoms with E-state index in [0.29, 0.717) is 29.4 Å². The van der Waals surface area contributed by atoms with Crippen molar-refractivity contribution >= 4 is 5.91 Å². The van der Waals surface area contributed by atoms with Crippen LogP contribution in [0.5, 0.6) is 17.2 Å². The molecule has 2 aromatic carbocycles. The van der Waals surface area contributed by atoms with E-state index in [1.807, 2.05) is 18.2 Å². The Balaban J connectivity index is 1.88. The standard InChI is InChI=1S/C18H18N2O4/c1-22-16-5-3-4-14(18(16)23-2)11-20-17(21)12-24-15-8-6-13(10-19)7-9-15/h3-9H,11-12H2,1-2H3,(H,20,21). The van der Waals surface area contributed by atoms with E-state index in [0.717, 1.165) is 5.56 Å². The number of benzene rings is 2. The summed E-state index contributed by atoms with van der Waals surface area (Å²) >= 11 is 0.